The molecule has 2 aliphatic carbocycles. The first kappa shape index (κ1) is 14.3. The molecule has 0 bridgehead atoms. The van der Waals surface area contributed by atoms with E-state index in [4.69, 9.17) is 32.7 Å². The molecule has 18 heavy (non-hydrogen) atoms. The molecule has 3 nitrogen and oxygen atoms in total. The van der Waals surface area contributed by atoms with Crippen LogP contribution in [0.25, 0.3) is 0 Å². The third-order valence-electron chi connectivity index (χ3n) is 3.54. The minimum Gasteiger partial charge on any atom is -0.429 e. The Morgan fingerprint density at radius 1 is 0.944 bits per heavy atom. The molecular weight excluding hydrogens is 275 g/mol. The summed E-state index contributed by atoms with van der Waals surface area (Å²) < 4.78 is 10.7. The number of carbonyl (C=O) groups excluding carboxylic acids is 1. The van der Waals surface area contributed by atoms with E-state index in [0.717, 1.165) is 25.7 Å². The lowest BCUT2D eigenvalue weighted by Crippen LogP contribution is -2.33. The van der Waals surface area contributed by atoms with Gasteiger partial charge in [-0.25, -0.2) is 4.79 Å². The van der Waals surface area contributed by atoms with Crippen molar-refractivity contribution in [3.05, 3.63) is 0 Å². The van der Waals surface area contributed by atoms with Crippen molar-refractivity contribution in [2.24, 2.45) is 11.8 Å². The fourth-order valence-electron chi connectivity index (χ4n) is 2.23. The summed E-state index contributed by atoms with van der Waals surface area (Å²) >= 11 is 12.1. The number of rotatable bonds is 6. The quantitative estimate of drug-likeness (QED) is 0.550. The first-order valence-electron chi connectivity index (χ1n) is 6.64. The van der Waals surface area contributed by atoms with Crippen LogP contribution in [0.5, 0.6) is 0 Å². The molecule has 0 aromatic rings. The van der Waals surface area contributed by atoms with E-state index >= 15 is 0 Å². The van der Waals surface area contributed by atoms with Crippen molar-refractivity contribution in [3.8, 4) is 0 Å². The average molecular weight is 295 g/mol. The van der Waals surface area contributed by atoms with Crippen LogP contribution in [0, 0.1) is 11.8 Å². The zero-order valence-corrected chi connectivity index (χ0v) is 12.3. The Balaban J connectivity index is 1.82. The summed E-state index contributed by atoms with van der Waals surface area (Å²) in [6, 6.07) is 0. The van der Waals surface area contributed by atoms with Crippen molar-refractivity contribution in [3.63, 3.8) is 0 Å². The van der Waals surface area contributed by atoms with Gasteiger partial charge in [0.05, 0.1) is 10.8 Å². The maximum atomic E-state index is 11.8. The van der Waals surface area contributed by atoms with E-state index in [9.17, 15) is 4.79 Å². The van der Waals surface area contributed by atoms with Gasteiger partial charge in [-0.1, -0.05) is 0 Å². The smallest absolute Gasteiger partial charge is 0.429 e. The highest BCUT2D eigenvalue weighted by atomic mass is 35.5. The van der Waals surface area contributed by atoms with E-state index < -0.39 is 6.16 Å². The van der Waals surface area contributed by atoms with Crippen LogP contribution in [0.15, 0.2) is 0 Å². The fourth-order valence-corrected chi connectivity index (χ4v) is 2.74. The Hall–Kier alpha value is -0.150. The highest BCUT2D eigenvalue weighted by Gasteiger charge is 2.40. The van der Waals surface area contributed by atoms with Gasteiger partial charge in [-0.2, -0.15) is 0 Å². The van der Waals surface area contributed by atoms with E-state index in [1.54, 1.807) is 0 Å². The molecule has 0 amide bonds. The summed E-state index contributed by atoms with van der Waals surface area (Å²) in [5.74, 6) is 0.802. The minimum atomic E-state index is -0.621. The number of carbonyl (C=O) groups is 1. The van der Waals surface area contributed by atoms with E-state index in [-0.39, 0.29) is 23.0 Å². The second kappa shape index (κ2) is 5.87. The lowest BCUT2D eigenvalue weighted by Gasteiger charge is -2.23. The largest absolute Gasteiger partial charge is 0.508 e. The van der Waals surface area contributed by atoms with Crippen LogP contribution in [0.1, 0.15) is 39.5 Å². The molecule has 2 rings (SSSR count). The van der Waals surface area contributed by atoms with Crippen LogP contribution >= 0.6 is 23.2 Å². The zero-order valence-electron chi connectivity index (χ0n) is 10.8. The van der Waals surface area contributed by atoms with E-state index in [0.29, 0.717) is 11.8 Å². The van der Waals surface area contributed by atoms with Gasteiger partial charge in [-0.3, -0.25) is 0 Å². The van der Waals surface area contributed by atoms with Gasteiger partial charge in [-0.05, 0) is 51.4 Å². The van der Waals surface area contributed by atoms with Crippen LogP contribution in [-0.2, 0) is 9.47 Å². The third-order valence-corrected chi connectivity index (χ3v) is 4.04. The highest BCUT2D eigenvalue weighted by Crippen LogP contribution is 2.39. The number of halogens is 2. The van der Waals surface area contributed by atoms with Gasteiger partial charge in [0.2, 0.25) is 0 Å². The molecule has 2 saturated carbocycles. The lowest BCUT2D eigenvalue weighted by atomic mass is 10.2. The van der Waals surface area contributed by atoms with E-state index in [1.165, 1.54) is 0 Å². The van der Waals surface area contributed by atoms with Gasteiger partial charge in [0.1, 0.15) is 12.2 Å². The van der Waals surface area contributed by atoms with Crippen molar-refractivity contribution >= 4 is 29.4 Å². The standard InChI is InChI=1S/C13H20Cl2O3/c1-7(14)11(9-3-4-9)17-13(16)18-12(8(2)15)10-5-6-10/h7-12H,3-6H2,1-2H3. The second-order valence-electron chi connectivity index (χ2n) is 5.44. The molecule has 5 heteroatoms. The molecule has 0 aromatic heterocycles. The van der Waals surface area contributed by atoms with Gasteiger partial charge in [0, 0.05) is 0 Å². The summed E-state index contributed by atoms with van der Waals surface area (Å²) in [4.78, 5) is 11.8. The minimum absolute atomic E-state index is 0.183. The van der Waals surface area contributed by atoms with Crippen molar-refractivity contribution in [1.29, 1.82) is 0 Å². The molecule has 104 valence electrons. The van der Waals surface area contributed by atoms with Crippen LogP contribution in [-0.4, -0.2) is 29.1 Å². The summed E-state index contributed by atoms with van der Waals surface area (Å²) in [5.41, 5.74) is 0. The Morgan fingerprint density at radius 2 is 1.28 bits per heavy atom. The van der Waals surface area contributed by atoms with E-state index in [2.05, 4.69) is 0 Å². The van der Waals surface area contributed by atoms with Gasteiger partial charge >= 0.3 is 6.16 Å². The molecule has 4 unspecified atom stereocenters. The number of hydrogen-bond acceptors (Lipinski definition) is 3. The SMILES string of the molecule is CC(Cl)C(OC(=O)OC(C(C)Cl)C1CC1)C1CC1. The molecule has 0 aliphatic heterocycles. The number of ether oxygens (including phenoxy) is 2. The van der Waals surface area contributed by atoms with Crippen LogP contribution < -0.4 is 0 Å². The maximum absolute atomic E-state index is 11.8. The van der Waals surface area contributed by atoms with Gasteiger partial charge < -0.3 is 9.47 Å². The van der Waals surface area contributed by atoms with Crippen molar-refractivity contribution in [2.45, 2.75) is 62.5 Å². The first-order valence-corrected chi connectivity index (χ1v) is 7.51. The van der Waals surface area contributed by atoms with Gasteiger partial charge in [0.15, 0.2) is 0 Å². The Bertz CT molecular complexity index is 267. The summed E-state index contributed by atoms with van der Waals surface area (Å²) in [6.45, 7) is 3.70. The van der Waals surface area contributed by atoms with Crippen LogP contribution in [0.4, 0.5) is 4.79 Å². The van der Waals surface area contributed by atoms with Crippen LogP contribution in [0.2, 0.25) is 0 Å². The molecule has 4 atom stereocenters. The molecule has 2 fully saturated rings. The molecule has 2 aliphatic rings. The van der Waals surface area contributed by atoms with Crippen molar-refractivity contribution < 1.29 is 14.3 Å². The highest BCUT2D eigenvalue weighted by molar-refractivity contribution is 6.21. The molecule has 0 radical (unpaired) electrons. The van der Waals surface area contributed by atoms with Crippen molar-refractivity contribution in [1.82, 2.24) is 0 Å². The summed E-state index contributed by atoms with van der Waals surface area (Å²) in [7, 11) is 0. The molecular formula is C13H20Cl2O3. The number of hydrogen-bond donors (Lipinski definition) is 0. The Kier molecular flexibility index (Phi) is 4.65. The van der Waals surface area contributed by atoms with E-state index in [1.807, 2.05) is 13.8 Å². The maximum Gasteiger partial charge on any atom is 0.508 e. The summed E-state index contributed by atoms with van der Waals surface area (Å²) in [6.07, 6.45) is 3.22. The van der Waals surface area contributed by atoms with Gasteiger partial charge in [-0.15, -0.1) is 23.2 Å². The normalized spacial score (nSPS) is 26.0. The van der Waals surface area contributed by atoms with Crippen LogP contribution in [0.3, 0.4) is 0 Å². The third kappa shape index (κ3) is 3.92. The van der Waals surface area contributed by atoms with Crippen molar-refractivity contribution in [2.75, 3.05) is 0 Å². The van der Waals surface area contributed by atoms with Gasteiger partial charge in [0.25, 0.3) is 0 Å². The Morgan fingerprint density at radius 3 is 1.50 bits per heavy atom. The Labute approximate surface area is 118 Å². The first-order chi connectivity index (χ1) is 8.49. The molecule has 0 N–H and O–H groups in total. The topological polar surface area (TPSA) is 35.5 Å². The molecule has 0 spiro atoms. The lowest BCUT2D eigenvalue weighted by molar-refractivity contribution is -0.0128. The number of alkyl halides is 2. The molecule has 0 saturated heterocycles. The zero-order chi connectivity index (χ0) is 13.3. The molecule has 0 aromatic carbocycles. The monoisotopic (exact) mass is 294 g/mol. The predicted octanol–water partition coefficient (Wildman–Crippen LogP) is 3.95. The fraction of sp³-hybridized carbons (Fsp3) is 0.923. The average Bonchev–Trinajstić information content (AvgIpc) is 3.14. The molecule has 0 heterocycles. The second-order valence-corrected chi connectivity index (χ2v) is 6.82. The summed E-state index contributed by atoms with van der Waals surface area (Å²) in [5, 5.41) is -0.365. The predicted molar refractivity (Wildman–Crippen MR) is 71.2 cm³/mol.